The van der Waals surface area contributed by atoms with Crippen LogP contribution in [0.1, 0.15) is 16.1 Å². The SMILES string of the molecule is Cc1nscc1C(=O)Nc1cccc(OCCn2ccnc2)c1. The summed E-state index contributed by atoms with van der Waals surface area (Å²) in [6.07, 6.45) is 5.37. The largest absolute Gasteiger partial charge is 0.492 e. The van der Waals surface area contributed by atoms with Crippen molar-refractivity contribution in [2.24, 2.45) is 0 Å². The fraction of sp³-hybridized carbons (Fsp3) is 0.188. The van der Waals surface area contributed by atoms with Gasteiger partial charge < -0.3 is 14.6 Å². The van der Waals surface area contributed by atoms with E-state index in [4.69, 9.17) is 4.74 Å². The fourth-order valence-corrected chi connectivity index (χ4v) is 2.75. The first kappa shape index (κ1) is 15.2. The van der Waals surface area contributed by atoms with Gasteiger partial charge in [0.2, 0.25) is 0 Å². The average Bonchev–Trinajstić information content (AvgIpc) is 3.19. The predicted molar refractivity (Wildman–Crippen MR) is 89.0 cm³/mol. The lowest BCUT2D eigenvalue weighted by molar-refractivity contribution is 0.102. The summed E-state index contributed by atoms with van der Waals surface area (Å²) in [6, 6.07) is 7.35. The molecule has 0 saturated carbocycles. The first-order chi connectivity index (χ1) is 11.2. The number of imidazole rings is 1. The maximum Gasteiger partial charge on any atom is 0.258 e. The summed E-state index contributed by atoms with van der Waals surface area (Å²) < 4.78 is 11.8. The molecule has 3 rings (SSSR count). The van der Waals surface area contributed by atoms with Gasteiger partial charge in [0, 0.05) is 29.5 Å². The Balaban J connectivity index is 1.58. The number of nitrogens with zero attached hydrogens (tertiary/aromatic N) is 3. The molecule has 1 N–H and O–H groups in total. The van der Waals surface area contributed by atoms with E-state index >= 15 is 0 Å². The highest BCUT2D eigenvalue weighted by atomic mass is 32.1. The highest BCUT2D eigenvalue weighted by Crippen LogP contribution is 2.19. The highest BCUT2D eigenvalue weighted by Gasteiger charge is 2.11. The third-order valence-corrected chi connectivity index (χ3v) is 3.98. The van der Waals surface area contributed by atoms with E-state index in [1.165, 1.54) is 11.5 Å². The van der Waals surface area contributed by atoms with Crippen LogP contribution in [0.2, 0.25) is 0 Å². The quantitative estimate of drug-likeness (QED) is 0.755. The van der Waals surface area contributed by atoms with Crippen molar-refractivity contribution in [3.63, 3.8) is 0 Å². The van der Waals surface area contributed by atoms with Crippen LogP contribution in [0.15, 0.2) is 48.4 Å². The number of rotatable bonds is 6. The molecule has 0 spiro atoms. The van der Waals surface area contributed by atoms with Crippen molar-refractivity contribution < 1.29 is 9.53 Å². The van der Waals surface area contributed by atoms with Crippen LogP contribution in [0.25, 0.3) is 0 Å². The molecule has 118 valence electrons. The van der Waals surface area contributed by atoms with Gasteiger partial charge in [-0.15, -0.1) is 0 Å². The zero-order valence-corrected chi connectivity index (χ0v) is 13.4. The van der Waals surface area contributed by atoms with E-state index in [0.29, 0.717) is 23.6 Å². The number of amides is 1. The molecule has 0 fully saturated rings. The van der Waals surface area contributed by atoms with E-state index in [1.807, 2.05) is 35.9 Å². The number of aromatic nitrogens is 3. The second-order valence-electron chi connectivity index (χ2n) is 4.94. The van der Waals surface area contributed by atoms with E-state index in [0.717, 1.165) is 12.2 Å². The summed E-state index contributed by atoms with van der Waals surface area (Å²) in [4.78, 5) is 16.2. The minimum Gasteiger partial charge on any atom is -0.492 e. The van der Waals surface area contributed by atoms with E-state index in [2.05, 4.69) is 14.7 Å². The van der Waals surface area contributed by atoms with Crippen molar-refractivity contribution in [1.82, 2.24) is 13.9 Å². The Morgan fingerprint density at radius 1 is 1.43 bits per heavy atom. The van der Waals surface area contributed by atoms with Gasteiger partial charge in [0.15, 0.2) is 0 Å². The number of aryl methyl sites for hydroxylation is 1. The zero-order valence-electron chi connectivity index (χ0n) is 12.6. The molecule has 0 saturated heterocycles. The molecule has 0 radical (unpaired) electrons. The first-order valence-corrected chi connectivity index (χ1v) is 7.97. The molecule has 0 aliphatic heterocycles. The number of carbonyl (C=O) groups excluding carboxylic acids is 1. The zero-order chi connectivity index (χ0) is 16.1. The normalized spacial score (nSPS) is 10.5. The molecule has 0 unspecified atom stereocenters. The number of carbonyl (C=O) groups is 1. The van der Waals surface area contributed by atoms with Crippen LogP contribution in [-0.4, -0.2) is 26.4 Å². The van der Waals surface area contributed by atoms with Gasteiger partial charge in [-0.25, -0.2) is 4.98 Å². The molecule has 2 heterocycles. The average molecular weight is 328 g/mol. The van der Waals surface area contributed by atoms with Gasteiger partial charge in [-0.05, 0) is 30.6 Å². The Morgan fingerprint density at radius 3 is 3.09 bits per heavy atom. The monoisotopic (exact) mass is 328 g/mol. The summed E-state index contributed by atoms with van der Waals surface area (Å²) in [6.45, 7) is 3.07. The Bertz CT molecular complexity index is 783. The van der Waals surface area contributed by atoms with Crippen LogP contribution in [0.4, 0.5) is 5.69 Å². The molecule has 0 aliphatic rings. The standard InChI is InChI=1S/C16H16N4O2S/c1-12-15(10-23-19-12)16(21)18-13-3-2-4-14(9-13)22-8-7-20-6-5-17-11-20/h2-6,9-11H,7-8H2,1H3,(H,18,21). The van der Waals surface area contributed by atoms with Crippen LogP contribution >= 0.6 is 11.5 Å². The topological polar surface area (TPSA) is 69.0 Å². The maximum absolute atomic E-state index is 12.2. The van der Waals surface area contributed by atoms with Crippen molar-refractivity contribution in [1.29, 1.82) is 0 Å². The molecular formula is C16H16N4O2S. The highest BCUT2D eigenvalue weighted by molar-refractivity contribution is 7.04. The Labute approximate surface area is 137 Å². The minimum absolute atomic E-state index is 0.160. The summed E-state index contributed by atoms with van der Waals surface area (Å²) in [5.41, 5.74) is 2.03. The predicted octanol–water partition coefficient (Wildman–Crippen LogP) is 2.98. The van der Waals surface area contributed by atoms with Crippen molar-refractivity contribution >= 4 is 23.1 Å². The van der Waals surface area contributed by atoms with Gasteiger partial charge in [0.05, 0.1) is 24.1 Å². The van der Waals surface area contributed by atoms with Gasteiger partial charge in [-0.2, -0.15) is 4.37 Å². The fourth-order valence-electron chi connectivity index (χ4n) is 2.06. The number of ether oxygens (including phenoxy) is 1. The Hall–Kier alpha value is -2.67. The number of anilines is 1. The first-order valence-electron chi connectivity index (χ1n) is 7.13. The minimum atomic E-state index is -0.160. The van der Waals surface area contributed by atoms with Crippen molar-refractivity contribution in [3.8, 4) is 5.75 Å². The second-order valence-corrected chi connectivity index (χ2v) is 5.57. The molecular weight excluding hydrogens is 312 g/mol. The maximum atomic E-state index is 12.2. The molecule has 7 heteroatoms. The van der Waals surface area contributed by atoms with Crippen LogP contribution in [0, 0.1) is 6.92 Å². The smallest absolute Gasteiger partial charge is 0.258 e. The molecule has 6 nitrogen and oxygen atoms in total. The van der Waals surface area contributed by atoms with Crippen LogP contribution in [0.5, 0.6) is 5.75 Å². The Morgan fingerprint density at radius 2 is 2.35 bits per heavy atom. The van der Waals surface area contributed by atoms with Crippen molar-refractivity contribution in [2.75, 3.05) is 11.9 Å². The lowest BCUT2D eigenvalue weighted by Gasteiger charge is -2.09. The van der Waals surface area contributed by atoms with Gasteiger partial charge >= 0.3 is 0 Å². The molecule has 1 amide bonds. The lowest BCUT2D eigenvalue weighted by atomic mass is 10.2. The van der Waals surface area contributed by atoms with E-state index in [1.54, 1.807) is 24.0 Å². The van der Waals surface area contributed by atoms with Crippen LogP contribution in [-0.2, 0) is 6.54 Å². The summed E-state index contributed by atoms with van der Waals surface area (Å²) in [7, 11) is 0. The van der Waals surface area contributed by atoms with E-state index in [-0.39, 0.29) is 5.91 Å². The summed E-state index contributed by atoms with van der Waals surface area (Å²) in [5.74, 6) is 0.551. The summed E-state index contributed by atoms with van der Waals surface area (Å²) >= 11 is 1.28. The second kappa shape index (κ2) is 7.06. The van der Waals surface area contributed by atoms with Gasteiger partial charge in [-0.1, -0.05) is 6.07 Å². The third-order valence-electron chi connectivity index (χ3n) is 3.26. The van der Waals surface area contributed by atoms with Gasteiger partial charge in [0.1, 0.15) is 12.4 Å². The molecule has 2 aromatic heterocycles. The molecule has 3 aromatic rings. The van der Waals surface area contributed by atoms with E-state index in [9.17, 15) is 4.79 Å². The number of benzene rings is 1. The lowest BCUT2D eigenvalue weighted by Crippen LogP contribution is -2.12. The van der Waals surface area contributed by atoms with Crippen LogP contribution < -0.4 is 10.1 Å². The third kappa shape index (κ3) is 3.95. The molecule has 0 aliphatic carbocycles. The molecule has 0 bridgehead atoms. The van der Waals surface area contributed by atoms with Gasteiger partial charge in [-0.3, -0.25) is 4.79 Å². The van der Waals surface area contributed by atoms with Crippen molar-refractivity contribution in [2.45, 2.75) is 13.5 Å². The van der Waals surface area contributed by atoms with E-state index < -0.39 is 0 Å². The number of hydrogen-bond donors (Lipinski definition) is 1. The molecule has 23 heavy (non-hydrogen) atoms. The number of nitrogens with one attached hydrogen (secondary N) is 1. The molecule has 0 atom stereocenters. The molecule has 1 aromatic carbocycles. The van der Waals surface area contributed by atoms with Gasteiger partial charge in [0.25, 0.3) is 5.91 Å². The van der Waals surface area contributed by atoms with Crippen molar-refractivity contribution in [3.05, 3.63) is 59.6 Å². The summed E-state index contributed by atoms with van der Waals surface area (Å²) in [5, 5.41) is 4.61. The number of hydrogen-bond acceptors (Lipinski definition) is 5. The Kier molecular flexibility index (Phi) is 4.68. The van der Waals surface area contributed by atoms with Crippen LogP contribution in [0.3, 0.4) is 0 Å².